The van der Waals surface area contributed by atoms with E-state index in [1.54, 1.807) is 0 Å². The van der Waals surface area contributed by atoms with Crippen molar-refractivity contribution in [1.82, 2.24) is 10.2 Å². The van der Waals surface area contributed by atoms with Gasteiger partial charge in [-0.1, -0.05) is 12.1 Å². The molecule has 1 aromatic carbocycles. The third-order valence-corrected chi connectivity index (χ3v) is 4.27. The maximum atomic E-state index is 12.3. The van der Waals surface area contributed by atoms with Gasteiger partial charge in [0.15, 0.2) is 0 Å². The number of hydrogen-bond donors (Lipinski definition) is 2. The molecule has 1 saturated heterocycles. The molecule has 24 heavy (non-hydrogen) atoms. The number of amides is 1. The van der Waals surface area contributed by atoms with E-state index < -0.39 is 5.60 Å². The number of nitrogens with one attached hydrogen (secondary N) is 1. The molecule has 1 amide bonds. The van der Waals surface area contributed by atoms with Crippen molar-refractivity contribution < 1.29 is 14.6 Å². The molecule has 0 aromatic heterocycles. The van der Waals surface area contributed by atoms with Gasteiger partial charge in [-0.05, 0) is 64.2 Å². The summed E-state index contributed by atoms with van der Waals surface area (Å²) in [5.74, 6) is 0.366. The van der Waals surface area contributed by atoms with E-state index in [-0.39, 0.29) is 12.1 Å². The first kappa shape index (κ1) is 18.6. The van der Waals surface area contributed by atoms with Gasteiger partial charge in [-0.15, -0.1) is 0 Å². The van der Waals surface area contributed by atoms with Crippen molar-refractivity contribution in [3.8, 4) is 5.75 Å². The Hall–Kier alpha value is -1.75. The normalized spacial score (nSPS) is 18.0. The van der Waals surface area contributed by atoms with Gasteiger partial charge in [-0.2, -0.15) is 0 Å². The third kappa shape index (κ3) is 4.87. The number of rotatable bonds is 4. The minimum atomic E-state index is -0.460. The van der Waals surface area contributed by atoms with E-state index >= 15 is 0 Å². The summed E-state index contributed by atoms with van der Waals surface area (Å²) in [6.45, 7) is 11.7. The second kappa shape index (κ2) is 7.43. The number of ether oxygens (including phenoxy) is 1. The topological polar surface area (TPSA) is 61.8 Å². The predicted molar refractivity (Wildman–Crippen MR) is 95.2 cm³/mol. The van der Waals surface area contributed by atoms with Crippen LogP contribution in [0.1, 0.15) is 50.3 Å². The smallest absolute Gasteiger partial charge is 0.410 e. The second-order valence-electron chi connectivity index (χ2n) is 7.68. The molecular weight excluding hydrogens is 304 g/mol. The molecule has 2 rings (SSSR count). The lowest BCUT2D eigenvalue weighted by Crippen LogP contribution is -2.44. The van der Waals surface area contributed by atoms with E-state index in [2.05, 4.69) is 5.32 Å². The van der Waals surface area contributed by atoms with Gasteiger partial charge in [-0.25, -0.2) is 4.79 Å². The molecule has 1 aliphatic heterocycles. The molecule has 1 heterocycles. The standard InChI is InChI=1S/C19H30N2O3/c1-13-9-15(10-14(2)17(13)22)11-20-12-16-7-6-8-21(16)18(23)24-19(3,4)5/h9-10,16,20,22H,6-8,11-12H2,1-5H3. The van der Waals surface area contributed by atoms with E-state index in [1.807, 2.05) is 51.7 Å². The Balaban J connectivity index is 1.88. The first-order valence-corrected chi connectivity index (χ1v) is 8.67. The van der Waals surface area contributed by atoms with Crippen molar-refractivity contribution in [3.63, 3.8) is 0 Å². The molecule has 0 radical (unpaired) electrons. The Morgan fingerprint density at radius 1 is 1.33 bits per heavy atom. The van der Waals surface area contributed by atoms with Gasteiger partial charge in [0, 0.05) is 25.7 Å². The molecule has 0 bridgehead atoms. The van der Waals surface area contributed by atoms with Gasteiger partial charge >= 0.3 is 6.09 Å². The molecule has 5 heteroatoms. The van der Waals surface area contributed by atoms with Crippen molar-refractivity contribution in [3.05, 3.63) is 28.8 Å². The fourth-order valence-corrected chi connectivity index (χ4v) is 3.14. The minimum Gasteiger partial charge on any atom is -0.507 e. The van der Waals surface area contributed by atoms with Crippen molar-refractivity contribution >= 4 is 6.09 Å². The van der Waals surface area contributed by atoms with Crippen LogP contribution in [0.5, 0.6) is 5.75 Å². The van der Waals surface area contributed by atoms with Crippen LogP contribution in [-0.4, -0.2) is 40.8 Å². The molecule has 0 spiro atoms. The number of phenols is 1. The Kier molecular flexibility index (Phi) is 5.75. The number of aromatic hydroxyl groups is 1. The highest BCUT2D eigenvalue weighted by Crippen LogP contribution is 2.23. The lowest BCUT2D eigenvalue weighted by molar-refractivity contribution is 0.0226. The third-order valence-electron chi connectivity index (χ3n) is 4.27. The zero-order chi connectivity index (χ0) is 17.9. The van der Waals surface area contributed by atoms with Crippen molar-refractivity contribution in [2.45, 2.75) is 65.6 Å². The van der Waals surface area contributed by atoms with Crippen LogP contribution >= 0.6 is 0 Å². The molecule has 1 aliphatic rings. The van der Waals surface area contributed by atoms with Crippen molar-refractivity contribution in [2.75, 3.05) is 13.1 Å². The molecule has 0 aliphatic carbocycles. The number of carbonyl (C=O) groups is 1. The number of aryl methyl sites for hydroxylation is 2. The first-order valence-electron chi connectivity index (χ1n) is 8.67. The summed E-state index contributed by atoms with van der Waals surface area (Å²) < 4.78 is 5.49. The van der Waals surface area contributed by atoms with Crippen LogP contribution in [0.3, 0.4) is 0 Å². The highest BCUT2D eigenvalue weighted by atomic mass is 16.6. The Morgan fingerprint density at radius 3 is 2.54 bits per heavy atom. The Bertz CT molecular complexity index is 570. The summed E-state index contributed by atoms with van der Waals surface area (Å²) in [6, 6.07) is 4.17. The van der Waals surface area contributed by atoms with Crippen LogP contribution in [-0.2, 0) is 11.3 Å². The molecular formula is C19H30N2O3. The Morgan fingerprint density at radius 2 is 1.96 bits per heavy atom. The van der Waals surface area contributed by atoms with Crippen LogP contribution < -0.4 is 5.32 Å². The maximum absolute atomic E-state index is 12.3. The SMILES string of the molecule is Cc1cc(CNCC2CCCN2C(=O)OC(C)(C)C)cc(C)c1O. The zero-order valence-electron chi connectivity index (χ0n) is 15.5. The van der Waals surface area contributed by atoms with Crippen LogP contribution in [0, 0.1) is 13.8 Å². The average molecular weight is 334 g/mol. The molecule has 134 valence electrons. The highest BCUT2D eigenvalue weighted by molar-refractivity contribution is 5.69. The van der Waals surface area contributed by atoms with Gasteiger partial charge in [-0.3, -0.25) is 0 Å². The number of benzene rings is 1. The van der Waals surface area contributed by atoms with E-state index in [0.29, 0.717) is 5.75 Å². The summed E-state index contributed by atoms with van der Waals surface area (Å²) in [6.07, 6.45) is 1.80. The lowest BCUT2D eigenvalue weighted by Gasteiger charge is -2.28. The summed E-state index contributed by atoms with van der Waals surface area (Å²) in [5.41, 5.74) is 2.47. The van der Waals surface area contributed by atoms with Crippen molar-refractivity contribution in [2.24, 2.45) is 0 Å². The molecule has 5 nitrogen and oxygen atoms in total. The molecule has 1 atom stereocenters. The van der Waals surface area contributed by atoms with Gasteiger partial charge in [0.1, 0.15) is 11.4 Å². The van der Waals surface area contributed by atoms with E-state index in [0.717, 1.165) is 49.2 Å². The Labute approximate surface area is 145 Å². The number of likely N-dealkylation sites (tertiary alicyclic amines) is 1. The molecule has 2 N–H and O–H groups in total. The number of hydrogen-bond acceptors (Lipinski definition) is 4. The highest BCUT2D eigenvalue weighted by Gasteiger charge is 2.31. The van der Waals surface area contributed by atoms with Crippen LogP contribution in [0.15, 0.2) is 12.1 Å². The van der Waals surface area contributed by atoms with Crippen LogP contribution in [0.25, 0.3) is 0 Å². The summed E-state index contributed by atoms with van der Waals surface area (Å²) >= 11 is 0. The van der Waals surface area contributed by atoms with Crippen LogP contribution in [0.2, 0.25) is 0 Å². The summed E-state index contributed by atoms with van der Waals surface area (Å²) in [7, 11) is 0. The van der Waals surface area contributed by atoms with Gasteiger partial charge in [0.05, 0.1) is 0 Å². The van der Waals surface area contributed by atoms with E-state index in [9.17, 15) is 9.90 Å². The minimum absolute atomic E-state index is 0.180. The summed E-state index contributed by atoms with van der Waals surface area (Å²) in [5, 5.41) is 13.3. The number of carbonyl (C=O) groups excluding carboxylic acids is 1. The van der Waals surface area contributed by atoms with E-state index in [1.165, 1.54) is 0 Å². The van der Waals surface area contributed by atoms with Crippen LogP contribution in [0.4, 0.5) is 4.79 Å². The summed E-state index contributed by atoms with van der Waals surface area (Å²) in [4.78, 5) is 14.1. The fourth-order valence-electron chi connectivity index (χ4n) is 3.14. The molecule has 0 saturated carbocycles. The second-order valence-corrected chi connectivity index (χ2v) is 7.68. The number of nitrogens with zero attached hydrogens (tertiary/aromatic N) is 1. The lowest BCUT2D eigenvalue weighted by atomic mass is 10.1. The van der Waals surface area contributed by atoms with Crippen molar-refractivity contribution in [1.29, 1.82) is 0 Å². The molecule has 1 unspecified atom stereocenters. The zero-order valence-corrected chi connectivity index (χ0v) is 15.5. The predicted octanol–water partition coefficient (Wildman–Crippen LogP) is 3.50. The average Bonchev–Trinajstić information content (AvgIpc) is 2.91. The van der Waals surface area contributed by atoms with E-state index in [4.69, 9.17) is 4.74 Å². The quantitative estimate of drug-likeness (QED) is 0.885. The molecule has 1 fully saturated rings. The monoisotopic (exact) mass is 334 g/mol. The molecule has 1 aromatic rings. The fraction of sp³-hybridized carbons (Fsp3) is 0.632. The van der Waals surface area contributed by atoms with Gasteiger partial charge < -0.3 is 20.1 Å². The largest absolute Gasteiger partial charge is 0.507 e. The number of phenolic OH excluding ortho intramolecular Hbond substituents is 1. The first-order chi connectivity index (χ1) is 11.2. The van der Waals surface area contributed by atoms with Gasteiger partial charge in [0.25, 0.3) is 0 Å². The maximum Gasteiger partial charge on any atom is 0.410 e. The van der Waals surface area contributed by atoms with Gasteiger partial charge in [0.2, 0.25) is 0 Å².